The van der Waals surface area contributed by atoms with Gasteiger partial charge in [0.25, 0.3) is 11.5 Å². The monoisotopic (exact) mass is 423 g/mol. The first kappa shape index (κ1) is 20.2. The van der Waals surface area contributed by atoms with Crippen molar-refractivity contribution in [2.24, 2.45) is 0 Å². The summed E-state index contributed by atoms with van der Waals surface area (Å²) < 4.78 is 1.51. The molecule has 1 saturated carbocycles. The highest BCUT2D eigenvalue weighted by molar-refractivity contribution is 5.94. The van der Waals surface area contributed by atoms with Crippen molar-refractivity contribution in [3.05, 3.63) is 107 Å². The fraction of sp³-hybridized carbons (Fsp3) is 0.222. The van der Waals surface area contributed by atoms with Crippen LogP contribution in [0.4, 0.5) is 0 Å². The number of nitrogens with one attached hydrogen (secondary N) is 1. The van der Waals surface area contributed by atoms with E-state index in [1.807, 2.05) is 24.3 Å². The van der Waals surface area contributed by atoms with Crippen LogP contribution in [0.1, 0.15) is 41.6 Å². The smallest absolute Gasteiger partial charge is 0.265 e. The SMILES string of the molecule is O=C(NCC1(c2ccccc2)CCCC1)c1ccc(-n2cnc3ccccc3c2=O)cc1. The lowest BCUT2D eigenvalue weighted by atomic mass is 9.79. The van der Waals surface area contributed by atoms with Crippen LogP contribution in [0.2, 0.25) is 0 Å². The summed E-state index contributed by atoms with van der Waals surface area (Å²) in [5, 5.41) is 3.72. The molecule has 0 spiro atoms. The van der Waals surface area contributed by atoms with Crippen molar-refractivity contribution < 1.29 is 4.79 Å². The van der Waals surface area contributed by atoms with Gasteiger partial charge >= 0.3 is 0 Å². The molecule has 1 amide bonds. The molecule has 1 aliphatic carbocycles. The maximum Gasteiger partial charge on any atom is 0.265 e. The molecule has 0 aliphatic heterocycles. The van der Waals surface area contributed by atoms with Crippen molar-refractivity contribution in [1.82, 2.24) is 14.9 Å². The van der Waals surface area contributed by atoms with E-state index in [0.717, 1.165) is 12.8 Å². The quantitative estimate of drug-likeness (QED) is 0.509. The molecule has 1 fully saturated rings. The van der Waals surface area contributed by atoms with E-state index in [4.69, 9.17) is 0 Å². The van der Waals surface area contributed by atoms with Crippen LogP contribution in [0.25, 0.3) is 16.6 Å². The zero-order valence-electron chi connectivity index (χ0n) is 17.8. The van der Waals surface area contributed by atoms with Gasteiger partial charge in [0.2, 0.25) is 0 Å². The Balaban J connectivity index is 1.34. The molecule has 0 atom stereocenters. The first-order valence-electron chi connectivity index (χ1n) is 11.1. The fourth-order valence-electron chi connectivity index (χ4n) is 4.79. The number of aromatic nitrogens is 2. The van der Waals surface area contributed by atoms with Gasteiger partial charge in [0.1, 0.15) is 6.33 Å². The molecule has 0 unspecified atom stereocenters. The van der Waals surface area contributed by atoms with E-state index in [2.05, 4.69) is 34.6 Å². The van der Waals surface area contributed by atoms with Gasteiger partial charge in [-0.05, 0) is 54.8 Å². The lowest BCUT2D eigenvalue weighted by Crippen LogP contribution is -2.39. The molecule has 1 aliphatic rings. The van der Waals surface area contributed by atoms with E-state index in [-0.39, 0.29) is 16.9 Å². The van der Waals surface area contributed by atoms with Gasteiger partial charge in [0.05, 0.1) is 16.6 Å². The highest BCUT2D eigenvalue weighted by atomic mass is 16.1. The summed E-state index contributed by atoms with van der Waals surface area (Å²) in [5.74, 6) is -0.0947. The van der Waals surface area contributed by atoms with E-state index in [1.165, 1.54) is 29.3 Å². The maximum atomic E-state index is 12.9. The van der Waals surface area contributed by atoms with Crippen molar-refractivity contribution in [3.8, 4) is 5.69 Å². The number of nitrogens with zero attached hydrogens (tertiary/aromatic N) is 2. The summed E-state index contributed by atoms with van der Waals surface area (Å²) in [6, 6.07) is 24.9. The van der Waals surface area contributed by atoms with E-state index in [1.54, 1.807) is 30.3 Å². The molecule has 3 aromatic carbocycles. The second-order valence-corrected chi connectivity index (χ2v) is 8.52. The van der Waals surface area contributed by atoms with Crippen molar-refractivity contribution in [1.29, 1.82) is 0 Å². The molecule has 32 heavy (non-hydrogen) atoms. The van der Waals surface area contributed by atoms with Gasteiger partial charge in [-0.25, -0.2) is 4.98 Å². The molecule has 1 heterocycles. The largest absolute Gasteiger partial charge is 0.351 e. The molecule has 160 valence electrons. The van der Waals surface area contributed by atoms with Crippen molar-refractivity contribution in [2.75, 3.05) is 6.54 Å². The van der Waals surface area contributed by atoms with Crippen LogP contribution in [-0.2, 0) is 5.41 Å². The Morgan fingerprint density at radius 1 is 0.906 bits per heavy atom. The topological polar surface area (TPSA) is 64.0 Å². The van der Waals surface area contributed by atoms with Crippen LogP contribution in [-0.4, -0.2) is 22.0 Å². The molecule has 5 nitrogen and oxygen atoms in total. The summed E-state index contributed by atoms with van der Waals surface area (Å²) in [6.45, 7) is 0.631. The lowest BCUT2D eigenvalue weighted by molar-refractivity contribution is 0.0943. The minimum Gasteiger partial charge on any atom is -0.351 e. The number of rotatable bonds is 5. The van der Waals surface area contributed by atoms with Crippen LogP contribution in [0.5, 0.6) is 0 Å². The Labute approximate surface area is 186 Å². The van der Waals surface area contributed by atoms with Gasteiger partial charge in [0.15, 0.2) is 0 Å². The lowest BCUT2D eigenvalue weighted by Gasteiger charge is -2.30. The minimum atomic E-state index is -0.126. The molecule has 4 aromatic rings. The number of amides is 1. The Hall–Kier alpha value is -3.73. The molecule has 0 bridgehead atoms. The number of fused-ring (bicyclic) bond motifs is 1. The normalized spacial score (nSPS) is 15.0. The number of carbonyl (C=O) groups is 1. The van der Waals surface area contributed by atoms with Gasteiger partial charge in [-0.15, -0.1) is 0 Å². The molecule has 1 aromatic heterocycles. The minimum absolute atomic E-state index is 0.0148. The zero-order valence-corrected chi connectivity index (χ0v) is 17.8. The van der Waals surface area contributed by atoms with E-state index < -0.39 is 0 Å². The number of hydrogen-bond donors (Lipinski definition) is 1. The summed E-state index contributed by atoms with van der Waals surface area (Å²) in [4.78, 5) is 30.1. The second-order valence-electron chi connectivity index (χ2n) is 8.52. The van der Waals surface area contributed by atoms with Crippen LogP contribution >= 0.6 is 0 Å². The predicted octanol–water partition coefficient (Wildman–Crippen LogP) is 4.63. The highest BCUT2D eigenvalue weighted by Gasteiger charge is 2.35. The van der Waals surface area contributed by atoms with Crippen molar-refractivity contribution in [3.63, 3.8) is 0 Å². The van der Waals surface area contributed by atoms with Crippen LogP contribution in [0.15, 0.2) is 90.0 Å². The van der Waals surface area contributed by atoms with E-state index >= 15 is 0 Å². The van der Waals surface area contributed by atoms with E-state index in [9.17, 15) is 9.59 Å². The molecular weight excluding hydrogens is 398 g/mol. The molecular formula is C27H25N3O2. The van der Waals surface area contributed by atoms with Gasteiger partial charge in [-0.2, -0.15) is 0 Å². The van der Waals surface area contributed by atoms with Gasteiger partial charge in [-0.1, -0.05) is 55.3 Å². The number of para-hydroxylation sites is 1. The molecule has 5 heteroatoms. The van der Waals surface area contributed by atoms with Crippen LogP contribution in [0.3, 0.4) is 0 Å². The number of carbonyl (C=O) groups excluding carboxylic acids is 1. The first-order valence-corrected chi connectivity index (χ1v) is 11.1. The zero-order chi connectivity index (χ0) is 22.0. The molecule has 1 N–H and O–H groups in total. The summed E-state index contributed by atoms with van der Waals surface area (Å²) >= 11 is 0. The van der Waals surface area contributed by atoms with E-state index in [0.29, 0.717) is 28.7 Å². The first-order chi connectivity index (χ1) is 15.7. The Bertz CT molecular complexity index is 1300. The van der Waals surface area contributed by atoms with Crippen LogP contribution in [0, 0.1) is 0 Å². The summed E-state index contributed by atoms with van der Waals surface area (Å²) in [6.07, 6.45) is 6.09. The Morgan fingerprint density at radius 2 is 1.59 bits per heavy atom. The summed E-state index contributed by atoms with van der Waals surface area (Å²) in [5.41, 5.74) is 3.12. The Morgan fingerprint density at radius 3 is 2.34 bits per heavy atom. The predicted molar refractivity (Wildman–Crippen MR) is 126 cm³/mol. The highest BCUT2D eigenvalue weighted by Crippen LogP contribution is 2.40. The molecule has 0 radical (unpaired) electrons. The van der Waals surface area contributed by atoms with Crippen LogP contribution < -0.4 is 10.9 Å². The second kappa shape index (κ2) is 8.42. The number of benzene rings is 3. The van der Waals surface area contributed by atoms with Gasteiger partial charge in [0, 0.05) is 17.5 Å². The molecule has 5 rings (SSSR count). The van der Waals surface area contributed by atoms with Gasteiger partial charge < -0.3 is 5.32 Å². The number of hydrogen-bond acceptors (Lipinski definition) is 3. The van der Waals surface area contributed by atoms with Crippen molar-refractivity contribution >= 4 is 16.8 Å². The third kappa shape index (κ3) is 3.71. The Kier molecular flexibility index (Phi) is 5.31. The summed E-state index contributed by atoms with van der Waals surface area (Å²) in [7, 11) is 0. The maximum absolute atomic E-state index is 12.9. The van der Waals surface area contributed by atoms with Gasteiger partial charge in [-0.3, -0.25) is 14.2 Å². The molecule has 0 saturated heterocycles. The third-order valence-corrected chi connectivity index (χ3v) is 6.61. The average Bonchev–Trinajstić information content (AvgIpc) is 3.34. The fourth-order valence-corrected chi connectivity index (χ4v) is 4.79. The standard InChI is InChI=1S/C27H25N3O2/c31-25(28-18-27(16-6-7-17-27)21-8-2-1-3-9-21)20-12-14-22(15-13-20)30-19-29-24-11-5-4-10-23(24)26(30)32/h1-5,8-15,19H,6-7,16-18H2,(H,28,31). The van der Waals surface area contributed by atoms with Crippen molar-refractivity contribution in [2.45, 2.75) is 31.1 Å². The average molecular weight is 424 g/mol. The third-order valence-electron chi connectivity index (χ3n) is 6.61.